The number of para-hydroxylation sites is 1. The van der Waals surface area contributed by atoms with Gasteiger partial charge >= 0.3 is 6.61 Å². The molecule has 3 rings (SSSR count). The molecule has 1 unspecified atom stereocenters. The Labute approximate surface area is 186 Å². The second-order valence-corrected chi connectivity index (χ2v) is 6.52. The molecule has 160 valence electrons. The highest BCUT2D eigenvalue weighted by Gasteiger charge is 2.16. The fraction of sp³-hybridized carbons (Fsp3) is 0.450. The van der Waals surface area contributed by atoms with E-state index >= 15 is 0 Å². The number of nitrogens with one attached hydrogen (secondary N) is 2. The highest BCUT2D eigenvalue weighted by molar-refractivity contribution is 14.0. The maximum Gasteiger partial charge on any atom is 0.387 e. The summed E-state index contributed by atoms with van der Waals surface area (Å²) < 4.78 is 40.5. The van der Waals surface area contributed by atoms with Crippen LogP contribution >= 0.6 is 24.0 Å². The van der Waals surface area contributed by atoms with Crippen LogP contribution in [-0.2, 0) is 17.7 Å². The van der Waals surface area contributed by atoms with Crippen molar-refractivity contribution in [3.05, 3.63) is 54.0 Å². The van der Waals surface area contributed by atoms with Crippen molar-refractivity contribution in [3.63, 3.8) is 0 Å². The van der Waals surface area contributed by atoms with Crippen molar-refractivity contribution in [1.82, 2.24) is 10.6 Å². The number of furan rings is 1. The molecule has 0 radical (unpaired) electrons. The first-order chi connectivity index (χ1) is 13.7. The van der Waals surface area contributed by atoms with Gasteiger partial charge in [-0.05, 0) is 24.6 Å². The SMILES string of the molecule is FC(F)Oc1ccccc1CN=C(NCCc1ccco1)NCC1CCOC1.I. The third-order valence-corrected chi connectivity index (χ3v) is 4.42. The lowest BCUT2D eigenvalue weighted by molar-refractivity contribution is -0.0504. The molecule has 0 spiro atoms. The van der Waals surface area contributed by atoms with Crippen molar-refractivity contribution >= 4 is 29.9 Å². The molecule has 2 N–H and O–H groups in total. The first-order valence-corrected chi connectivity index (χ1v) is 9.35. The Hall–Kier alpha value is -1.88. The van der Waals surface area contributed by atoms with Gasteiger partial charge in [0.15, 0.2) is 5.96 Å². The molecule has 1 fully saturated rings. The predicted octanol–water partition coefficient (Wildman–Crippen LogP) is 3.81. The maximum absolute atomic E-state index is 12.6. The Morgan fingerprint density at radius 1 is 1.21 bits per heavy atom. The molecule has 2 heterocycles. The van der Waals surface area contributed by atoms with Crippen LogP contribution in [0.1, 0.15) is 17.7 Å². The number of aliphatic imine (C=N–C) groups is 1. The summed E-state index contributed by atoms with van der Waals surface area (Å²) in [6, 6.07) is 10.4. The van der Waals surface area contributed by atoms with Gasteiger partial charge in [0.25, 0.3) is 0 Å². The number of hydrogen-bond acceptors (Lipinski definition) is 4. The van der Waals surface area contributed by atoms with E-state index in [0.29, 0.717) is 30.4 Å². The van der Waals surface area contributed by atoms with E-state index in [1.807, 2.05) is 12.1 Å². The zero-order valence-corrected chi connectivity index (χ0v) is 18.3. The Bertz CT molecular complexity index is 738. The van der Waals surface area contributed by atoms with Crippen LogP contribution in [0.5, 0.6) is 5.75 Å². The van der Waals surface area contributed by atoms with Crippen LogP contribution < -0.4 is 15.4 Å². The molecule has 6 nitrogen and oxygen atoms in total. The molecule has 0 aliphatic carbocycles. The molecule has 2 aromatic rings. The first-order valence-electron chi connectivity index (χ1n) is 9.35. The average Bonchev–Trinajstić information content (AvgIpc) is 3.38. The molecule has 1 aromatic carbocycles. The Kier molecular flexibility index (Phi) is 10.2. The van der Waals surface area contributed by atoms with Crippen LogP contribution in [0.25, 0.3) is 0 Å². The lowest BCUT2D eigenvalue weighted by Gasteiger charge is -2.15. The predicted molar refractivity (Wildman–Crippen MR) is 117 cm³/mol. The second-order valence-electron chi connectivity index (χ2n) is 6.52. The van der Waals surface area contributed by atoms with Gasteiger partial charge in [0.2, 0.25) is 0 Å². The van der Waals surface area contributed by atoms with Gasteiger partial charge in [-0.2, -0.15) is 8.78 Å². The van der Waals surface area contributed by atoms with E-state index in [1.165, 1.54) is 6.07 Å². The zero-order valence-electron chi connectivity index (χ0n) is 16.0. The van der Waals surface area contributed by atoms with Gasteiger partial charge < -0.3 is 24.5 Å². The van der Waals surface area contributed by atoms with Crippen molar-refractivity contribution in [3.8, 4) is 5.75 Å². The highest BCUT2D eigenvalue weighted by Crippen LogP contribution is 2.21. The van der Waals surface area contributed by atoms with Gasteiger partial charge in [-0.3, -0.25) is 0 Å². The molecule has 1 saturated heterocycles. The van der Waals surface area contributed by atoms with Crippen LogP contribution in [0.2, 0.25) is 0 Å². The number of guanidine groups is 1. The molecule has 1 aliphatic rings. The zero-order chi connectivity index (χ0) is 19.6. The monoisotopic (exact) mass is 521 g/mol. The molecule has 1 aromatic heterocycles. The first kappa shape index (κ1) is 23.4. The molecule has 1 aliphatic heterocycles. The molecule has 0 bridgehead atoms. The number of hydrogen-bond donors (Lipinski definition) is 2. The fourth-order valence-corrected chi connectivity index (χ4v) is 2.93. The van der Waals surface area contributed by atoms with E-state index in [9.17, 15) is 8.78 Å². The standard InChI is InChI=1S/C20H25F2N3O3.HI/c21-19(22)28-18-6-2-1-4-16(18)13-25-20(24-12-15-8-11-26-14-15)23-9-7-17-5-3-10-27-17;/h1-6,10,15,19H,7-9,11-14H2,(H2,23,24,25);1H. The van der Waals surface area contributed by atoms with E-state index in [2.05, 4.69) is 20.4 Å². The topological polar surface area (TPSA) is 68.0 Å². The minimum atomic E-state index is -2.86. The van der Waals surface area contributed by atoms with Crippen molar-refractivity contribution in [2.45, 2.75) is 26.0 Å². The van der Waals surface area contributed by atoms with E-state index in [1.54, 1.807) is 24.5 Å². The molecule has 29 heavy (non-hydrogen) atoms. The van der Waals surface area contributed by atoms with Crippen molar-refractivity contribution in [2.75, 3.05) is 26.3 Å². The van der Waals surface area contributed by atoms with Gasteiger partial charge in [-0.15, -0.1) is 24.0 Å². The smallest absolute Gasteiger partial charge is 0.387 e. The Balaban J connectivity index is 0.00000300. The van der Waals surface area contributed by atoms with Gasteiger partial charge in [0.05, 0.1) is 19.4 Å². The van der Waals surface area contributed by atoms with Gasteiger partial charge in [-0.1, -0.05) is 18.2 Å². The Morgan fingerprint density at radius 3 is 2.79 bits per heavy atom. The summed E-state index contributed by atoms with van der Waals surface area (Å²) >= 11 is 0. The van der Waals surface area contributed by atoms with Gasteiger partial charge in [0.1, 0.15) is 11.5 Å². The summed E-state index contributed by atoms with van der Waals surface area (Å²) in [7, 11) is 0. The van der Waals surface area contributed by atoms with Crippen LogP contribution in [0.15, 0.2) is 52.1 Å². The van der Waals surface area contributed by atoms with Crippen LogP contribution in [0.3, 0.4) is 0 Å². The molecular weight excluding hydrogens is 495 g/mol. The number of rotatable bonds is 9. The summed E-state index contributed by atoms with van der Waals surface area (Å²) in [5.41, 5.74) is 0.596. The number of halogens is 3. The molecule has 1 atom stereocenters. The molecule has 9 heteroatoms. The summed E-state index contributed by atoms with van der Waals surface area (Å²) in [4.78, 5) is 4.54. The summed E-state index contributed by atoms with van der Waals surface area (Å²) in [6.45, 7) is 0.245. The minimum Gasteiger partial charge on any atom is -0.469 e. The maximum atomic E-state index is 12.6. The number of benzene rings is 1. The second kappa shape index (κ2) is 12.6. The minimum absolute atomic E-state index is 0. The quantitative estimate of drug-likeness (QED) is 0.299. The van der Waals surface area contributed by atoms with Crippen molar-refractivity contribution < 1.29 is 22.7 Å². The normalized spacial score (nSPS) is 16.5. The molecule has 0 amide bonds. The molecule has 0 saturated carbocycles. The van der Waals surface area contributed by atoms with Crippen LogP contribution in [0, 0.1) is 5.92 Å². The van der Waals surface area contributed by atoms with Gasteiger partial charge in [0, 0.05) is 37.6 Å². The third kappa shape index (κ3) is 8.17. The lowest BCUT2D eigenvalue weighted by atomic mass is 10.1. The number of ether oxygens (including phenoxy) is 2. The molecular formula is C20H26F2IN3O3. The van der Waals surface area contributed by atoms with E-state index in [0.717, 1.165) is 31.9 Å². The lowest BCUT2D eigenvalue weighted by Crippen LogP contribution is -2.40. The van der Waals surface area contributed by atoms with E-state index < -0.39 is 6.61 Å². The summed E-state index contributed by atoms with van der Waals surface area (Å²) in [5, 5.41) is 6.57. The number of nitrogens with zero attached hydrogens (tertiary/aromatic N) is 1. The van der Waals surface area contributed by atoms with E-state index in [4.69, 9.17) is 9.15 Å². The van der Waals surface area contributed by atoms with Crippen molar-refractivity contribution in [2.24, 2.45) is 10.9 Å². The summed E-state index contributed by atoms with van der Waals surface area (Å²) in [6.07, 6.45) is 3.37. The van der Waals surface area contributed by atoms with E-state index in [-0.39, 0.29) is 36.3 Å². The highest BCUT2D eigenvalue weighted by atomic mass is 127. The third-order valence-electron chi connectivity index (χ3n) is 4.42. The average molecular weight is 521 g/mol. The van der Waals surface area contributed by atoms with Crippen LogP contribution in [0.4, 0.5) is 8.78 Å². The van der Waals surface area contributed by atoms with Crippen molar-refractivity contribution in [1.29, 1.82) is 0 Å². The van der Waals surface area contributed by atoms with Gasteiger partial charge in [-0.25, -0.2) is 4.99 Å². The fourth-order valence-electron chi connectivity index (χ4n) is 2.93. The van der Waals surface area contributed by atoms with Crippen LogP contribution in [-0.4, -0.2) is 38.9 Å². The summed E-state index contributed by atoms with van der Waals surface area (Å²) in [5.74, 6) is 2.07. The Morgan fingerprint density at radius 2 is 2.07 bits per heavy atom. The number of alkyl halides is 2. The largest absolute Gasteiger partial charge is 0.469 e.